The van der Waals surface area contributed by atoms with Gasteiger partial charge < -0.3 is 4.74 Å². The van der Waals surface area contributed by atoms with Crippen molar-refractivity contribution >= 4 is 29.0 Å². The summed E-state index contributed by atoms with van der Waals surface area (Å²) in [6.45, 7) is 2.91. The Hall–Kier alpha value is -3.71. The van der Waals surface area contributed by atoms with Crippen LogP contribution in [-0.4, -0.2) is 16.7 Å². The van der Waals surface area contributed by atoms with Crippen LogP contribution in [-0.2, 0) is 22.1 Å². The second kappa shape index (κ2) is 9.83. The molecule has 7 nitrogen and oxygen atoms in total. The minimum atomic E-state index is -4.58. The Bertz CT molecular complexity index is 1170. The van der Waals surface area contributed by atoms with Crippen LogP contribution in [0.1, 0.15) is 35.3 Å². The van der Waals surface area contributed by atoms with Gasteiger partial charge in [0.15, 0.2) is 5.78 Å². The highest BCUT2D eigenvalue weighted by molar-refractivity contribution is 6.30. The number of carbonyl (C=O) groups excluding carboxylic acids is 2. The average Bonchev–Trinajstić information content (AvgIpc) is 2.74. The fourth-order valence-corrected chi connectivity index (χ4v) is 3.05. The fraction of sp³-hybridized carbons (Fsp3) is 0.227. The maximum Gasteiger partial charge on any atom is 0.416 e. The second-order valence-electron chi connectivity index (χ2n) is 7.54. The molecule has 0 N–H and O–H groups in total. The maximum absolute atomic E-state index is 12.8. The molecule has 172 valence electrons. The summed E-state index contributed by atoms with van der Waals surface area (Å²) in [6.07, 6.45) is -4.08. The maximum atomic E-state index is 12.8. The molecule has 33 heavy (non-hydrogen) atoms. The van der Waals surface area contributed by atoms with Crippen molar-refractivity contribution in [3.8, 4) is 6.07 Å². The molecule has 0 aliphatic heterocycles. The number of hydrogen-bond donors (Lipinski definition) is 0. The number of nitriles is 1. The van der Waals surface area contributed by atoms with E-state index in [0.717, 1.165) is 18.2 Å². The van der Waals surface area contributed by atoms with Gasteiger partial charge in [0.1, 0.15) is 17.9 Å². The second-order valence-corrected chi connectivity index (χ2v) is 7.98. The van der Waals surface area contributed by atoms with Crippen LogP contribution in [0.3, 0.4) is 0 Å². The van der Waals surface area contributed by atoms with Crippen LogP contribution in [0.5, 0.6) is 0 Å². The molecule has 0 amide bonds. The molecular formula is C22H16ClF3N2O5. The summed E-state index contributed by atoms with van der Waals surface area (Å²) in [4.78, 5) is 35.6. The van der Waals surface area contributed by atoms with Crippen molar-refractivity contribution in [2.24, 2.45) is 5.41 Å². The van der Waals surface area contributed by atoms with Gasteiger partial charge in [0.25, 0.3) is 5.69 Å². The predicted octanol–water partition coefficient (Wildman–Crippen LogP) is 5.67. The summed E-state index contributed by atoms with van der Waals surface area (Å²) in [5, 5.41) is 20.8. The van der Waals surface area contributed by atoms with Crippen LogP contribution in [0.2, 0.25) is 5.02 Å². The number of nitro benzene ring substituents is 1. The van der Waals surface area contributed by atoms with Crippen LogP contribution in [0, 0.1) is 26.9 Å². The van der Waals surface area contributed by atoms with Crippen LogP contribution >= 0.6 is 11.6 Å². The lowest BCUT2D eigenvalue weighted by atomic mass is 9.79. The van der Waals surface area contributed by atoms with Gasteiger partial charge >= 0.3 is 12.1 Å². The van der Waals surface area contributed by atoms with Crippen LogP contribution in [0.25, 0.3) is 0 Å². The van der Waals surface area contributed by atoms with E-state index in [-0.39, 0.29) is 28.3 Å². The zero-order chi connectivity index (χ0) is 25.0. The van der Waals surface area contributed by atoms with Gasteiger partial charge in [0.2, 0.25) is 0 Å². The third-order valence-corrected chi connectivity index (χ3v) is 4.82. The van der Waals surface area contributed by atoms with Gasteiger partial charge in [0, 0.05) is 22.1 Å². The SMILES string of the molecule is CC(C)(Cc1ccc(Cl)cc1[N+](=O)[O-])C(=O)C(C#N)=COC(=O)c1ccc(C(F)(F)F)cc1. The summed E-state index contributed by atoms with van der Waals surface area (Å²) in [5.41, 5.74) is -3.11. The van der Waals surface area contributed by atoms with E-state index in [1.807, 2.05) is 0 Å². The molecule has 0 aromatic heterocycles. The number of halogens is 4. The standard InChI is InChI=1S/C22H16ClF3N2O5/c1-21(2,10-14-5-8-17(23)9-18(14)28(31)32)19(29)15(11-27)12-33-20(30)13-3-6-16(7-4-13)22(24,25)26/h3-9,12H,10H2,1-2H3. The molecule has 2 aromatic rings. The molecule has 2 rings (SSSR count). The van der Waals surface area contributed by atoms with Crippen molar-refractivity contribution in [1.29, 1.82) is 5.26 Å². The normalized spacial score (nSPS) is 12.1. The Labute approximate surface area is 191 Å². The molecular weight excluding hydrogens is 465 g/mol. The van der Waals surface area contributed by atoms with Crippen molar-refractivity contribution in [3.05, 3.63) is 86.1 Å². The highest BCUT2D eigenvalue weighted by Gasteiger charge is 2.34. The van der Waals surface area contributed by atoms with Gasteiger partial charge in [-0.15, -0.1) is 0 Å². The van der Waals surface area contributed by atoms with E-state index in [0.29, 0.717) is 18.4 Å². The molecule has 0 saturated carbocycles. The van der Waals surface area contributed by atoms with Crippen LogP contribution in [0.4, 0.5) is 18.9 Å². The third-order valence-electron chi connectivity index (χ3n) is 4.59. The zero-order valence-electron chi connectivity index (χ0n) is 17.3. The van der Waals surface area contributed by atoms with E-state index in [4.69, 9.17) is 16.3 Å². The van der Waals surface area contributed by atoms with E-state index in [9.17, 15) is 38.1 Å². The van der Waals surface area contributed by atoms with Gasteiger partial charge in [-0.3, -0.25) is 14.9 Å². The van der Waals surface area contributed by atoms with E-state index in [1.54, 1.807) is 6.07 Å². The summed E-state index contributed by atoms with van der Waals surface area (Å²) >= 11 is 5.79. The van der Waals surface area contributed by atoms with E-state index in [1.165, 1.54) is 26.0 Å². The fourth-order valence-electron chi connectivity index (χ4n) is 2.88. The van der Waals surface area contributed by atoms with Gasteiger partial charge in [-0.05, 0) is 36.8 Å². The summed E-state index contributed by atoms with van der Waals surface area (Å²) in [5.74, 6) is -1.83. The highest BCUT2D eigenvalue weighted by atomic mass is 35.5. The van der Waals surface area contributed by atoms with Gasteiger partial charge in [-0.2, -0.15) is 18.4 Å². The number of nitrogens with zero attached hydrogens (tertiary/aromatic N) is 2. The molecule has 11 heteroatoms. The lowest BCUT2D eigenvalue weighted by Crippen LogP contribution is -2.28. The first-order valence-electron chi connectivity index (χ1n) is 9.22. The minimum absolute atomic E-state index is 0.120. The number of alkyl halides is 3. The van der Waals surface area contributed by atoms with Crippen molar-refractivity contribution in [2.45, 2.75) is 26.4 Å². The number of hydrogen-bond acceptors (Lipinski definition) is 6. The smallest absolute Gasteiger partial charge is 0.416 e. The molecule has 0 radical (unpaired) electrons. The monoisotopic (exact) mass is 480 g/mol. The van der Waals surface area contributed by atoms with Gasteiger partial charge in [-0.25, -0.2) is 4.79 Å². The molecule has 0 aliphatic rings. The molecule has 0 spiro atoms. The number of carbonyl (C=O) groups is 2. The van der Waals surface area contributed by atoms with E-state index < -0.39 is 39.4 Å². The Balaban J connectivity index is 2.20. The molecule has 0 heterocycles. The lowest BCUT2D eigenvalue weighted by molar-refractivity contribution is -0.385. The highest BCUT2D eigenvalue weighted by Crippen LogP contribution is 2.32. The first kappa shape index (κ1) is 25.5. The van der Waals surface area contributed by atoms with Crippen molar-refractivity contribution in [2.75, 3.05) is 0 Å². The first-order valence-corrected chi connectivity index (χ1v) is 9.60. The zero-order valence-corrected chi connectivity index (χ0v) is 18.0. The largest absolute Gasteiger partial charge is 0.429 e. The number of benzene rings is 2. The lowest BCUT2D eigenvalue weighted by Gasteiger charge is -2.22. The van der Waals surface area contributed by atoms with Crippen molar-refractivity contribution in [1.82, 2.24) is 0 Å². The number of esters is 1. The Morgan fingerprint density at radius 1 is 1.18 bits per heavy atom. The molecule has 0 atom stereocenters. The average molecular weight is 481 g/mol. The first-order chi connectivity index (χ1) is 15.3. The van der Waals surface area contributed by atoms with E-state index >= 15 is 0 Å². The van der Waals surface area contributed by atoms with Crippen LogP contribution in [0.15, 0.2) is 54.3 Å². The number of allylic oxidation sites excluding steroid dienone is 1. The number of nitro groups is 1. The number of ketones is 1. The van der Waals surface area contributed by atoms with E-state index in [2.05, 4.69) is 0 Å². The van der Waals surface area contributed by atoms with Crippen molar-refractivity contribution < 1.29 is 32.4 Å². The summed E-state index contributed by atoms with van der Waals surface area (Å²) < 4.78 is 42.7. The van der Waals surface area contributed by atoms with Crippen molar-refractivity contribution in [3.63, 3.8) is 0 Å². The summed E-state index contributed by atoms with van der Waals surface area (Å²) in [7, 11) is 0. The number of ether oxygens (including phenoxy) is 1. The number of rotatable bonds is 7. The molecule has 0 bridgehead atoms. The quantitative estimate of drug-likeness (QED) is 0.126. The Morgan fingerprint density at radius 2 is 1.79 bits per heavy atom. The molecule has 0 saturated heterocycles. The predicted molar refractivity (Wildman–Crippen MR) is 111 cm³/mol. The summed E-state index contributed by atoms with van der Waals surface area (Å²) in [6, 6.07) is 8.76. The molecule has 0 fully saturated rings. The van der Waals surface area contributed by atoms with Gasteiger partial charge in [0.05, 0.1) is 16.1 Å². The minimum Gasteiger partial charge on any atom is -0.429 e. The van der Waals surface area contributed by atoms with Gasteiger partial charge in [-0.1, -0.05) is 31.5 Å². The molecule has 0 aliphatic carbocycles. The third kappa shape index (κ3) is 6.40. The molecule has 2 aromatic carbocycles. The topological polar surface area (TPSA) is 110 Å². The Morgan fingerprint density at radius 3 is 2.30 bits per heavy atom. The number of Topliss-reactive ketones (excluding diaryl/α,β-unsaturated/α-hetero) is 1. The Kier molecular flexibility index (Phi) is 7.61. The molecule has 0 unspecified atom stereocenters. The van der Waals surface area contributed by atoms with Crippen LogP contribution < -0.4 is 0 Å².